The molecule has 2 aromatic rings. The van der Waals surface area contributed by atoms with Gasteiger partial charge in [-0.3, -0.25) is 9.48 Å². The predicted octanol–water partition coefficient (Wildman–Crippen LogP) is 1.62. The van der Waals surface area contributed by atoms with Gasteiger partial charge in [-0.25, -0.2) is 0 Å². The van der Waals surface area contributed by atoms with Crippen LogP contribution in [0.25, 0.3) is 0 Å². The quantitative estimate of drug-likeness (QED) is 0.874. The Hall–Kier alpha value is -2.18. The van der Waals surface area contributed by atoms with Crippen LogP contribution in [-0.4, -0.2) is 32.4 Å². The minimum absolute atomic E-state index is 0.0818. The highest BCUT2D eigenvalue weighted by molar-refractivity contribution is 5.79. The van der Waals surface area contributed by atoms with E-state index in [1.807, 2.05) is 33.9 Å². The summed E-state index contributed by atoms with van der Waals surface area (Å²) in [6.45, 7) is 8.22. The summed E-state index contributed by atoms with van der Waals surface area (Å²) in [5.74, 6) is 1.39. The standard InChI is InChI=1S/C14H21N5O2/c1-9(2)13-17-12(21-18-13)5-6-15-14(20)11(4)19-8-10(3)7-16-19/h7-9,11H,5-6H2,1-4H3,(H,15,20). The van der Waals surface area contributed by atoms with Crippen molar-refractivity contribution in [3.05, 3.63) is 29.7 Å². The highest BCUT2D eigenvalue weighted by Crippen LogP contribution is 2.10. The van der Waals surface area contributed by atoms with E-state index in [0.717, 1.165) is 5.56 Å². The Morgan fingerprint density at radius 3 is 2.76 bits per heavy atom. The van der Waals surface area contributed by atoms with Gasteiger partial charge in [0.15, 0.2) is 5.82 Å². The molecule has 7 nitrogen and oxygen atoms in total. The molecule has 0 fully saturated rings. The van der Waals surface area contributed by atoms with Crippen molar-refractivity contribution in [2.75, 3.05) is 6.54 Å². The van der Waals surface area contributed by atoms with Gasteiger partial charge in [-0.2, -0.15) is 10.1 Å². The summed E-state index contributed by atoms with van der Waals surface area (Å²) in [4.78, 5) is 16.3. The first-order chi connectivity index (χ1) is 9.97. The molecule has 1 unspecified atom stereocenters. The summed E-state index contributed by atoms with van der Waals surface area (Å²) >= 11 is 0. The van der Waals surface area contributed by atoms with Crippen LogP contribution in [0.3, 0.4) is 0 Å². The molecule has 0 saturated carbocycles. The second-order valence-electron chi connectivity index (χ2n) is 5.42. The van der Waals surface area contributed by atoms with Crippen LogP contribution in [-0.2, 0) is 11.2 Å². The molecule has 7 heteroatoms. The molecule has 21 heavy (non-hydrogen) atoms. The van der Waals surface area contributed by atoms with Crippen molar-refractivity contribution in [2.45, 2.75) is 46.1 Å². The molecule has 2 aromatic heterocycles. The first-order valence-corrected chi connectivity index (χ1v) is 7.08. The molecule has 0 radical (unpaired) electrons. The van der Waals surface area contributed by atoms with Crippen LogP contribution in [0.4, 0.5) is 0 Å². The van der Waals surface area contributed by atoms with Gasteiger partial charge in [0, 0.05) is 25.1 Å². The highest BCUT2D eigenvalue weighted by atomic mass is 16.5. The molecule has 1 atom stereocenters. The second kappa shape index (κ2) is 6.51. The zero-order valence-corrected chi connectivity index (χ0v) is 12.8. The average molecular weight is 291 g/mol. The molecule has 0 aromatic carbocycles. The second-order valence-corrected chi connectivity index (χ2v) is 5.42. The molecule has 1 amide bonds. The normalized spacial score (nSPS) is 12.6. The van der Waals surface area contributed by atoms with E-state index in [1.54, 1.807) is 10.9 Å². The van der Waals surface area contributed by atoms with Gasteiger partial charge >= 0.3 is 0 Å². The molecular formula is C14H21N5O2. The largest absolute Gasteiger partial charge is 0.354 e. The monoisotopic (exact) mass is 291 g/mol. The Morgan fingerprint density at radius 2 is 2.19 bits per heavy atom. The number of carbonyl (C=O) groups excluding carboxylic acids is 1. The number of nitrogens with zero attached hydrogens (tertiary/aromatic N) is 4. The van der Waals surface area contributed by atoms with Crippen LogP contribution in [0.15, 0.2) is 16.9 Å². The SMILES string of the molecule is Cc1cnn(C(C)C(=O)NCCc2nc(C(C)C)no2)c1. The summed E-state index contributed by atoms with van der Waals surface area (Å²) in [6, 6.07) is -0.340. The van der Waals surface area contributed by atoms with Crippen molar-refractivity contribution in [2.24, 2.45) is 0 Å². The Morgan fingerprint density at radius 1 is 1.43 bits per heavy atom. The molecule has 0 aliphatic rings. The summed E-state index contributed by atoms with van der Waals surface area (Å²) < 4.78 is 6.77. The maximum Gasteiger partial charge on any atom is 0.244 e. The Bertz CT molecular complexity index is 602. The summed E-state index contributed by atoms with van der Waals surface area (Å²) in [5.41, 5.74) is 1.03. The van der Waals surface area contributed by atoms with E-state index in [1.165, 1.54) is 0 Å². The summed E-state index contributed by atoms with van der Waals surface area (Å²) in [6.07, 6.45) is 4.10. The number of rotatable bonds is 6. The maximum absolute atomic E-state index is 12.0. The number of aryl methyl sites for hydroxylation is 1. The number of hydrogen-bond acceptors (Lipinski definition) is 5. The third-order valence-corrected chi connectivity index (χ3v) is 3.15. The molecule has 0 bridgehead atoms. The molecule has 2 heterocycles. The van der Waals surface area contributed by atoms with Gasteiger partial charge < -0.3 is 9.84 Å². The third-order valence-electron chi connectivity index (χ3n) is 3.15. The van der Waals surface area contributed by atoms with E-state index >= 15 is 0 Å². The molecule has 2 rings (SSSR count). The lowest BCUT2D eigenvalue weighted by atomic mass is 10.2. The van der Waals surface area contributed by atoms with E-state index in [-0.39, 0.29) is 17.9 Å². The number of amides is 1. The van der Waals surface area contributed by atoms with E-state index in [0.29, 0.717) is 24.7 Å². The van der Waals surface area contributed by atoms with Gasteiger partial charge in [0.2, 0.25) is 11.8 Å². The fourth-order valence-electron chi connectivity index (χ4n) is 1.81. The van der Waals surface area contributed by atoms with Crippen molar-refractivity contribution in [1.29, 1.82) is 0 Å². The van der Waals surface area contributed by atoms with Crippen LogP contribution < -0.4 is 5.32 Å². The van der Waals surface area contributed by atoms with Crippen LogP contribution in [0, 0.1) is 6.92 Å². The van der Waals surface area contributed by atoms with Crippen molar-refractivity contribution in [3.8, 4) is 0 Å². The minimum Gasteiger partial charge on any atom is -0.354 e. The van der Waals surface area contributed by atoms with Gasteiger partial charge in [-0.1, -0.05) is 19.0 Å². The Kier molecular flexibility index (Phi) is 4.72. The third kappa shape index (κ3) is 3.90. The van der Waals surface area contributed by atoms with Crippen LogP contribution >= 0.6 is 0 Å². The average Bonchev–Trinajstić information content (AvgIpc) is 3.07. The Balaban J connectivity index is 1.81. The number of hydrogen-bond donors (Lipinski definition) is 1. The molecule has 0 spiro atoms. The zero-order chi connectivity index (χ0) is 15.4. The first kappa shape index (κ1) is 15.2. The topological polar surface area (TPSA) is 85.8 Å². The lowest BCUT2D eigenvalue weighted by molar-refractivity contribution is -0.124. The molecular weight excluding hydrogens is 270 g/mol. The van der Waals surface area contributed by atoms with Crippen LogP contribution in [0.1, 0.15) is 50.0 Å². The first-order valence-electron chi connectivity index (χ1n) is 7.08. The molecule has 114 valence electrons. The maximum atomic E-state index is 12.0. The molecule has 0 aliphatic carbocycles. The van der Waals surface area contributed by atoms with Crippen LogP contribution in [0.2, 0.25) is 0 Å². The fraction of sp³-hybridized carbons (Fsp3) is 0.571. The predicted molar refractivity (Wildman–Crippen MR) is 76.8 cm³/mol. The van der Waals surface area contributed by atoms with Gasteiger partial charge in [0.1, 0.15) is 6.04 Å². The van der Waals surface area contributed by atoms with Gasteiger partial charge in [-0.15, -0.1) is 0 Å². The van der Waals surface area contributed by atoms with E-state index in [2.05, 4.69) is 20.6 Å². The van der Waals surface area contributed by atoms with Crippen molar-refractivity contribution < 1.29 is 9.32 Å². The molecule has 1 N–H and O–H groups in total. The van der Waals surface area contributed by atoms with Crippen molar-refractivity contribution >= 4 is 5.91 Å². The van der Waals surface area contributed by atoms with Gasteiger partial charge in [0.05, 0.1) is 6.20 Å². The lowest BCUT2D eigenvalue weighted by Crippen LogP contribution is -2.32. The summed E-state index contributed by atoms with van der Waals surface area (Å²) in [5, 5.41) is 10.9. The van der Waals surface area contributed by atoms with E-state index in [4.69, 9.17) is 4.52 Å². The van der Waals surface area contributed by atoms with E-state index < -0.39 is 0 Å². The summed E-state index contributed by atoms with van der Waals surface area (Å²) in [7, 11) is 0. The van der Waals surface area contributed by atoms with Crippen molar-refractivity contribution in [1.82, 2.24) is 25.2 Å². The molecule has 0 saturated heterocycles. The lowest BCUT2D eigenvalue weighted by Gasteiger charge is -2.11. The molecule has 0 aliphatic heterocycles. The van der Waals surface area contributed by atoms with Gasteiger partial charge in [-0.05, 0) is 19.4 Å². The number of nitrogens with one attached hydrogen (secondary N) is 1. The fourth-order valence-corrected chi connectivity index (χ4v) is 1.81. The number of carbonyl (C=O) groups is 1. The van der Waals surface area contributed by atoms with Crippen molar-refractivity contribution in [3.63, 3.8) is 0 Å². The minimum atomic E-state index is -0.340. The van der Waals surface area contributed by atoms with E-state index in [9.17, 15) is 4.79 Å². The smallest absolute Gasteiger partial charge is 0.244 e. The van der Waals surface area contributed by atoms with Crippen LogP contribution in [0.5, 0.6) is 0 Å². The highest BCUT2D eigenvalue weighted by Gasteiger charge is 2.15. The van der Waals surface area contributed by atoms with Gasteiger partial charge in [0.25, 0.3) is 0 Å². The Labute approximate surface area is 123 Å². The number of aromatic nitrogens is 4. The zero-order valence-electron chi connectivity index (χ0n) is 12.8.